The average molecular weight is 335 g/mol. The molecule has 6 nitrogen and oxygen atoms in total. The summed E-state index contributed by atoms with van der Waals surface area (Å²) in [5, 5.41) is 16.7. The summed E-state index contributed by atoms with van der Waals surface area (Å²) in [6.07, 6.45) is 9.78. The molecule has 2 atom stereocenters. The fourth-order valence-corrected chi connectivity index (χ4v) is 3.90. The molecule has 1 saturated carbocycles. The molecule has 3 rings (SSSR count). The van der Waals surface area contributed by atoms with Gasteiger partial charge in [-0.2, -0.15) is 4.98 Å². The van der Waals surface area contributed by atoms with Crippen molar-refractivity contribution in [1.82, 2.24) is 15.5 Å². The number of aromatic nitrogens is 2. The summed E-state index contributed by atoms with van der Waals surface area (Å²) in [4.78, 5) is 16.0. The molecule has 6 heteroatoms. The molecule has 2 N–H and O–H groups in total. The lowest BCUT2D eigenvalue weighted by Crippen LogP contribution is -2.40. The molecular formula is C18H29N3O3. The summed E-state index contributed by atoms with van der Waals surface area (Å²) >= 11 is 0. The number of hydrogen-bond acceptors (Lipinski definition) is 5. The van der Waals surface area contributed by atoms with Crippen molar-refractivity contribution >= 4 is 5.97 Å². The predicted octanol–water partition coefficient (Wildman–Crippen LogP) is 3.31. The lowest BCUT2D eigenvalue weighted by molar-refractivity contribution is -0.142. The number of rotatable bonds is 8. The molecular weight excluding hydrogens is 306 g/mol. The van der Waals surface area contributed by atoms with Crippen LogP contribution in [0.1, 0.15) is 81.8 Å². The number of aliphatic carboxylic acids is 1. The van der Waals surface area contributed by atoms with E-state index in [1.54, 1.807) is 6.92 Å². The van der Waals surface area contributed by atoms with Crippen molar-refractivity contribution in [1.29, 1.82) is 0 Å². The largest absolute Gasteiger partial charge is 0.481 e. The Morgan fingerprint density at radius 1 is 1.33 bits per heavy atom. The van der Waals surface area contributed by atoms with Crippen LogP contribution < -0.4 is 5.32 Å². The maximum Gasteiger partial charge on any atom is 0.307 e. The van der Waals surface area contributed by atoms with Gasteiger partial charge in [0.2, 0.25) is 5.89 Å². The molecule has 2 heterocycles. The number of nitrogens with zero attached hydrogens (tertiary/aromatic N) is 2. The van der Waals surface area contributed by atoms with E-state index in [2.05, 4.69) is 15.5 Å². The molecule has 0 aromatic carbocycles. The topological polar surface area (TPSA) is 88.2 Å². The first-order chi connectivity index (χ1) is 11.6. The molecule has 2 aliphatic rings. The minimum atomic E-state index is -0.789. The Balaban J connectivity index is 1.59. The highest BCUT2D eigenvalue weighted by Crippen LogP contribution is 2.33. The van der Waals surface area contributed by atoms with E-state index in [4.69, 9.17) is 4.52 Å². The van der Waals surface area contributed by atoms with E-state index < -0.39 is 11.9 Å². The normalized spacial score (nSPS) is 22.0. The van der Waals surface area contributed by atoms with E-state index >= 15 is 0 Å². The minimum Gasteiger partial charge on any atom is -0.481 e. The van der Waals surface area contributed by atoms with Crippen LogP contribution in [0.25, 0.3) is 0 Å². The molecule has 1 aliphatic heterocycles. The lowest BCUT2D eigenvalue weighted by atomic mass is 9.83. The number of carbonyl (C=O) groups is 1. The Morgan fingerprint density at radius 2 is 2.08 bits per heavy atom. The van der Waals surface area contributed by atoms with Gasteiger partial charge in [-0.1, -0.05) is 57.0 Å². The minimum absolute atomic E-state index is 0.180. The van der Waals surface area contributed by atoms with Crippen LogP contribution in [0.4, 0.5) is 0 Å². The van der Waals surface area contributed by atoms with E-state index in [1.807, 2.05) is 0 Å². The van der Waals surface area contributed by atoms with Gasteiger partial charge >= 0.3 is 5.97 Å². The second kappa shape index (κ2) is 8.10. The third kappa shape index (κ3) is 4.15. The average Bonchev–Trinajstić information content (AvgIpc) is 2.99. The molecule has 0 amide bonds. The smallest absolute Gasteiger partial charge is 0.307 e. The SMILES string of the molecule is CC(C(=O)O)[C@@H](CCCC1CCCCC1)c1nc(C2CNC2)no1. The number of carboxylic acid groups (broad SMARTS) is 1. The predicted molar refractivity (Wildman–Crippen MR) is 89.9 cm³/mol. The maximum atomic E-state index is 11.5. The quantitative estimate of drug-likeness (QED) is 0.758. The van der Waals surface area contributed by atoms with Crippen LogP contribution in [-0.2, 0) is 4.79 Å². The second-order valence-electron chi connectivity index (χ2n) is 7.51. The Labute approximate surface area is 143 Å². The highest BCUT2D eigenvalue weighted by molar-refractivity contribution is 5.70. The van der Waals surface area contributed by atoms with Gasteiger partial charge in [-0.25, -0.2) is 0 Å². The Kier molecular flexibility index (Phi) is 5.87. The zero-order chi connectivity index (χ0) is 16.9. The number of hydrogen-bond donors (Lipinski definition) is 2. The number of carboxylic acids is 1. The highest BCUT2D eigenvalue weighted by atomic mass is 16.5. The molecule has 2 fully saturated rings. The van der Waals surface area contributed by atoms with Gasteiger partial charge in [-0.05, 0) is 12.3 Å². The summed E-state index contributed by atoms with van der Waals surface area (Å²) in [7, 11) is 0. The summed E-state index contributed by atoms with van der Waals surface area (Å²) in [6.45, 7) is 3.50. The van der Waals surface area contributed by atoms with Crippen LogP contribution in [0.15, 0.2) is 4.52 Å². The van der Waals surface area contributed by atoms with Crippen LogP contribution in [-0.4, -0.2) is 34.3 Å². The fourth-order valence-electron chi connectivity index (χ4n) is 3.90. The third-order valence-electron chi connectivity index (χ3n) is 5.77. The second-order valence-corrected chi connectivity index (χ2v) is 7.51. The van der Waals surface area contributed by atoms with E-state index in [9.17, 15) is 9.90 Å². The molecule has 24 heavy (non-hydrogen) atoms. The van der Waals surface area contributed by atoms with E-state index in [0.717, 1.165) is 37.7 Å². The zero-order valence-electron chi connectivity index (χ0n) is 14.5. The van der Waals surface area contributed by atoms with Gasteiger partial charge in [-0.15, -0.1) is 0 Å². The van der Waals surface area contributed by atoms with E-state index in [0.29, 0.717) is 11.8 Å². The van der Waals surface area contributed by atoms with Crippen LogP contribution in [0.3, 0.4) is 0 Å². The van der Waals surface area contributed by atoms with Crippen molar-refractivity contribution in [3.05, 3.63) is 11.7 Å². The first-order valence-electron chi connectivity index (χ1n) is 9.42. The highest BCUT2D eigenvalue weighted by Gasteiger charge is 2.32. The van der Waals surface area contributed by atoms with Gasteiger partial charge in [0, 0.05) is 19.0 Å². The van der Waals surface area contributed by atoms with Crippen LogP contribution >= 0.6 is 0 Å². The molecule has 1 aromatic rings. The Morgan fingerprint density at radius 3 is 2.71 bits per heavy atom. The van der Waals surface area contributed by atoms with E-state index in [1.165, 1.54) is 38.5 Å². The van der Waals surface area contributed by atoms with Crippen LogP contribution in [0.2, 0.25) is 0 Å². The van der Waals surface area contributed by atoms with Gasteiger partial charge in [0.05, 0.1) is 11.8 Å². The van der Waals surface area contributed by atoms with Crippen molar-refractivity contribution < 1.29 is 14.4 Å². The molecule has 1 aromatic heterocycles. The van der Waals surface area contributed by atoms with Gasteiger partial charge < -0.3 is 14.9 Å². The van der Waals surface area contributed by atoms with Crippen molar-refractivity contribution in [2.45, 2.75) is 70.1 Å². The summed E-state index contributed by atoms with van der Waals surface area (Å²) in [6, 6.07) is 0. The summed E-state index contributed by atoms with van der Waals surface area (Å²) in [5.41, 5.74) is 0. The molecule has 1 unspecified atom stereocenters. The summed E-state index contributed by atoms with van der Waals surface area (Å²) in [5.74, 6) is 0.894. The molecule has 1 saturated heterocycles. The van der Waals surface area contributed by atoms with Gasteiger partial charge in [-0.3, -0.25) is 4.79 Å². The van der Waals surface area contributed by atoms with Gasteiger partial charge in [0.25, 0.3) is 0 Å². The van der Waals surface area contributed by atoms with Gasteiger partial charge in [0.1, 0.15) is 0 Å². The Hall–Kier alpha value is -1.43. The van der Waals surface area contributed by atoms with Gasteiger partial charge in [0.15, 0.2) is 5.82 Å². The molecule has 0 bridgehead atoms. The maximum absolute atomic E-state index is 11.5. The monoisotopic (exact) mass is 335 g/mol. The summed E-state index contributed by atoms with van der Waals surface area (Å²) < 4.78 is 5.45. The molecule has 0 spiro atoms. The first kappa shape index (κ1) is 17.4. The van der Waals surface area contributed by atoms with Crippen molar-refractivity contribution in [3.63, 3.8) is 0 Å². The first-order valence-corrected chi connectivity index (χ1v) is 9.42. The molecule has 134 valence electrons. The van der Waals surface area contributed by atoms with Crippen molar-refractivity contribution in [2.24, 2.45) is 11.8 Å². The Bertz CT molecular complexity index is 535. The molecule has 1 aliphatic carbocycles. The van der Waals surface area contributed by atoms with Crippen molar-refractivity contribution in [2.75, 3.05) is 13.1 Å². The van der Waals surface area contributed by atoms with Crippen molar-refractivity contribution in [3.8, 4) is 0 Å². The standard InChI is InChI=1S/C18H29N3O3/c1-12(18(22)23)15(9-5-8-13-6-3-2-4-7-13)17-20-16(21-24-17)14-10-19-11-14/h12-15,19H,2-11H2,1H3,(H,22,23)/t12?,15-/m1/s1. The third-order valence-corrected chi connectivity index (χ3v) is 5.77. The van der Waals surface area contributed by atoms with Crippen LogP contribution in [0.5, 0.6) is 0 Å². The lowest BCUT2D eigenvalue weighted by Gasteiger charge is -2.24. The number of nitrogens with one attached hydrogen (secondary N) is 1. The molecule has 0 radical (unpaired) electrons. The van der Waals surface area contributed by atoms with Crippen LogP contribution in [0, 0.1) is 11.8 Å². The fraction of sp³-hybridized carbons (Fsp3) is 0.833. The zero-order valence-corrected chi connectivity index (χ0v) is 14.5. The van der Waals surface area contributed by atoms with E-state index in [-0.39, 0.29) is 5.92 Å².